The van der Waals surface area contributed by atoms with E-state index in [0.29, 0.717) is 12.0 Å². The van der Waals surface area contributed by atoms with Gasteiger partial charge in [0, 0.05) is 48.9 Å². The molecule has 4 rings (SSSR count). The van der Waals surface area contributed by atoms with Gasteiger partial charge in [0.25, 0.3) is 0 Å². The van der Waals surface area contributed by atoms with E-state index in [2.05, 4.69) is 43.9 Å². The van der Waals surface area contributed by atoms with E-state index in [1.54, 1.807) is 0 Å². The lowest BCUT2D eigenvalue weighted by atomic mass is 9.78. The Hall–Kier alpha value is -0.330. The van der Waals surface area contributed by atoms with Crippen LogP contribution in [0.3, 0.4) is 0 Å². The molecule has 3 unspecified atom stereocenters. The standard InChI is InChI=1S/C19H28BrN3O.ClH/c20-16-5-4-15(19(10-16)23-6-8-24-9-7-23)12-22-11-14-2-1-3-18(21)17(14)13-22;/h4-5,10,14,17-18H,1-3,6-9,11-13,21H2;1H. The summed E-state index contributed by atoms with van der Waals surface area (Å²) in [5.74, 6) is 1.53. The predicted octanol–water partition coefficient (Wildman–Crippen LogP) is 3.27. The molecule has 0 aromatic heterocycles. The highest BCUT2D eigenvalue weighted by Gasteiger charge is 2.38. The number of anilines is 1. The molecule has 4 nitrogen and oxygen atoms in total. The van der Waals surface area contributed by atoms with Crippen molar-refractivity contribution in [3.05, 3.63) is 28.2 Å². The molecule has 1 aliphatic carbocycles. The smallest absolute Gasteiger partial charge is 0.0642 e. The monoisotopic (exact) mass is 429 g/mol. The van der Waals surface area contributed by atoms with Gasteiger partial charge in [-0.25, -0.2) is 0 Å². The van der Waals surface area contributed by atoms with E-state index >= 15 is 0 Å². The normalized spacial score (nSPS) is 30.0. The van der Waals surface area contributed by atoms with Gasteiger partial charge in [-0.15, -0.1) is 12.4 Å². The Bertz CT molecular complexity index is 582. The molecule has 0 spiro atoms. The van der Waals surface area contributed by atoms with E-state index < -0.39 is 0 Å². The van der Waals surface area contributed by atoms with E-state index in [9.17, 15) is 0 Å². The van der Waals surface area contributed by atoms with Crippen LogP contribution in [0.25, 0.3) is 0 Å². The van der Waals surface area contributed by atoms with E-state index in [-0.39, 0.29) is 12.4 Å². The first-order valence-corrected chi connectivity index (χ1v) is 10.1. The molecule has 3 atom stereocenters. The van der Waals surface area contributed by atoms with Crippen molar-refractivity contribution in [2.75, 3.05) is 44.3 Å². The van der Waals surface area contributed by atoms with Crippen LogP contribution in [-0.4, -0.2) is 50.3 Å². The quantitative estimate of drug-likeness (QED) is 0.799. The average Bonchev–Trinajstić information content (AvgIpc) is 3.01. The summed E-state index contributed by atoms with van der Waals surface area (Å²) in [6, 6.07) is 7.15. The molecular formula is C19H29BrClN3O. The van der Waals surface area contributed by atoms with Crippen LogP contribution in [0.5, 0.6) is 0 Å². The first kappa shape index (κ1) is 19.4. The van der Waals surface area contributed by atoms with Crippen LogP contribution in [-0.2, 0) is 11.3 Å². The number of likely N-dealkylation sites (tertiary alicyclic amines) is 1. The van der Waals surface area contributed by atoms with Crippen LogP contribution in [0.15, 0.2) is 22.7 Å². The van der Waals surface area contributed by atoms with E-state index in [1.165, 1.54) is 43.6 Å². The molecule has 0 radical (unpaired) electrons. The summed E-state index contributed by atoms with van der Waals surface area (Å²) in [6.45, 7) is 7.06. The van der Waals surface area contributed by atoms with Gasteiger partial charge in [-0.1, -0.05) is 28.4 Å². The summed E-state index contributed by atoms with van der Waals surface area (Å²) in [5.41, 5.74) is 9.19. The van der Waals surface area contributed by atoms with Crippen molar-refractivity contribution in [2.45, 2.75) is 31.8 Å². The van der Waals surface area contributed by atoms with Crippen molar-refractivity contribution in [2.24, 2.45) is 17.6 Å². The molecule has 1 aromatic carbocycles. The van der Waals surface area contributed by atoms with Crippen LogP contribution >= 0.6 is 28.3 Å². The molecule has 3 aliphatic rings. The zero-order valence-electron chi connectivity index (χ0n) is 14.7. The fraction of sp³-hybridized carbons (Fsp3) is 0.684. The minimum absolute atomic E-state index is 0. The molecule has 0 bridgehead atoms. The maximum atomic E-state index is 6.39. The highest BCUT2D eigenvalue weighted by molar-refractivity contribution is 9.10. The van der Waals surface area contributed by atoms with Gasteiger partial charge in [0.2, 0.25) is 0 Å². The summed E-state index contributed by atoms with van der Waals surface area (Å²) in [6.07, 6.45) is 3.89. The first-order valence-electron chi connectivity index (χ1n) is 9.30. The Morgan fingerprint density at radius 3 is 2.72 bits per heavy atom. The number of nitrogens with two attached hydrogens (primary N) is 1. The van der Waals surface area contributed by atoms with Crippen molar-refractivity contribution in [1.82, 2.24) is 4.90 Å². The van der Waals surface area contributed by atoms with Gasteiger partial charge in [0.1, 0.15) is 0 Å². The van der Waals surface area contributed by atoms with Crippen LogP contribution in [0.2, 0.25) is 0 Å². The Kier molecular flexibility index (Phi) is 6.66. The molecule has 3 fully saturated rings. The summed E-state index contributed by atoms with van der Waals surface area (Å²) in [4.78, 5) is 5.10. The van der Waals surface area contributed by atoms with Crippen molar-refractivity contribution >= 4 is 34.0 Å². The Labute approximate surface area is 165 Å². The fourth-order valence-electron chi connectivity index (χ4n) is 4.75. The molecule has 6 heteroatoms. The summed E-state index contributed by atoms with van der Waals surface area (Å²) >= 11 is 3.65. The number of morpholine rings is 1. The zero-order chi connectivity index (χ0) is 16.5. The summed E-state index contributed by atoms with van der Waals surface area (Å²) in [5, 5.41) is 0. The number of halogens is 2. The maximum absolute atomic E-state index is 6.39. The number of ether oxygens (including phenoxy) is 1. The third-order valence-electron chi connectivity index (χ3n) is 6.02. The van der Waals surface area contributed by atoms with Gasteiger partial charge in [-0.3, -0.25) is 4.90 Å². The van der Waals surface area contributed by atoms with E-state index in [4.69, 9.17) is 10.5 Å². The fourth-order valence-corrected chi connectivity index (χ4v) is 5.10. The van der Waals surface area contributed by atoms with Crippen LogP contribution in [0, 0.1) is 11.8 Å². The molecule has 1 saturated carbocycles. The van der Waals surface area contributed by atoms with Crippen molar-refractivity contribution in [3.63, 3.8) is 0 Å². The second-order valence-electron chi connectivity index (χ2n) is 7.59. The van der Waals surface area contributed by atoms with Gasteiger partial charge < -0.3 is 15.4 Å². The third kappa shape index (κ3) is 4.33. The van der Waals surface area contributed by atoms with Crippen LogP contribution in [0.4, 0.5) is 5.69 Å². The molecule has 1 aromatic rings. The van der Waals surface area contributed by atoms with Crippen LogP contribution < -0.4 is 10.6 Å². The SMILES string of the molecule is Cl.NC1CCCC2CN(Cc3ccc(Br)cc3N3CCOCC3)CC12. The maximum Gasteiger partial charge on any atom is 0.0642 e. The highest BCUT2D eigenvalue weighted by atomic mass is 79.9. The lowest BCUT2D eigenvalue weighted by molar-refractivity contribution is 0.122. The van der Waals surface area contributed by atoms with Gasteiger partial charge in [-0.2, -0.15) is 0 Å². The minimum Gasteiger partial charge on any atom is -0.378 e. The molecule has 2 heterocycles. The minimum atomic E-state index is 0. The van der Waals surface area contributed by atoms with Gasteiger partial charge in [-0.05, 0) is 42.4 Å². The zero-order valence-corrected chi connectivity index (χ0v) is 17.1. The number of fused-ring (bicyclic) bond motifs is 1. The summed E-state index contributed by atoms with van der Waals surface area (Å²) < 4.78 is 6.68. The first-order chi connectivity index (χ1) is 11.7. The molecule has 2 saturated heterocycles. The number of benzene rings is 1. The Morgan fingerprint density at radius 1 is 1.16 bits per heavy atom. The second kappa shape index (κ2) is 8.57. The predicted molar refractivity (Wildman–Crippen MR) is 109 cm³/mol. The number of rotatable bonds is 3. The highest BCUT2D eigenvalue weighted by Crippen LogP contribution is 2.37. The van der Waals surface area contributed by atoms with Gasteiger partial charge >= 0.3 is 0 Å². The van der Waals surface area contributed by atoms with E-state index in [0.717, 1.165) is 43.2 Å². The topological polar surface area (TPSA) is 41.7 Å². The largest absolute Gasteiger partial charge is 0.378 e. The number of hydrogen-bond acceptors (Lipinski definition) is 4. The van der Waals surface area contributed by atoms with Crippen molar-refractivity contribution in [1.29, 1.82) is 0 Å². The Morgan fingerprint density at radius 2 is 1.96 bits per heavy atom. The molecular weight excluding hydrogens is 402 g/mol. The third-order valence-corrected chi connectivity index (χ3v) is 6.52. The molecule has 140 valence electrons. The summed E-state index contributed by atoms with van der Waals surface area (Å²) in [7, 11) is 0. The van der Waals surface area contributed by atoms with Crippen molar-refractivity contribution < 1.29 is 4.74 Å². The molecule has 25 heavy (non-hydrogen) atoms. The van der Waals surface area contributed by atoms with Crippen molar-refractivity contribution in [3.8, 4) is 0 Å². The lowest BCUT2D eigenvalue weighted by Crippen LogP contribution is -2.38. The van der Waals surface area contributed by atoms with Gasteiger partial charge in [0.15, 0.2) is 0 Å². The molecule has 2 N–H and O–H groups in total. The molecule has 0 amide bonds. The number of hydrogen-bond donors (Lipinski definition) is 1. The average molecular weight is 431 g/mol. The lowest BCUT2D eigenvalue weighted by Gasteiger charge is -2.31. The number of nitrogens with zero attached hydrogens (tertiary/aromatic N) is 2. The van der Waals surface area contributed by atoms with Gasteiger partial charge in [0.05, 0.1) is 13.2 Å². The molecule has 2 aliphatic heterocycles. The van der Waals surface area contributed by atoms with Crippen LogP contribution in [0.1, 0.15) is 24.8 Å². The Balaban J connectivity index is 0.00000182. The second-order valence-corrected chi connectivity index (χ2v) is 8.50. The van der Waals surface area contributed by atoms with E-state index in [1.807, 2.05) is 0 Å².